The maximum Gasteiger partial charge on any atom is 0.219 e. The summed E-state index contributed by atoms with van der Waals surface area (Å²) in [4.78, 5) is 10.6. The van der Waals surface area contributed by atoms with Crippen molar-refractivity contribution in [1.29, 1.82) is 0 Å². The van der Waals surface area contributed by atoms with Crippen LogP contribution >= 0.6 is 0 Å². The first-order valence-electron chi connectivity index (χ1n) is 3.34. The van der Waals surface area contributed by atoms with E-state index < -0.39 is 0 Å². The minimum Gasteiger partial charge on any atom is -0.352 e. The van der Waals surface area contributed by atoms with Gasteiger partial charge >= 0.3 is 0 Å². The normalized spacial score (nSPS) is 9.00. The van der Waals surface area contributed by atoms with Crippen LogP contribution in [0, 0.1) is 0 Å². The molecule has 0 unspecified atom stereocenters. The van der Waals surface area contributed by atoms with E-state index in [0.717, 1.165) is 5.57 Å². The van der Waals surface area contributed by atoms with Crippen LogP contribution in [0.5, 0.6) is 0 Å². The number of nitrogens with two attached hydrogens (primary N) is 1. The molecule has 58 valence electrons. The summed E-state index contributed by atoms with van der Waals surface area (Å²) < 4.78 is 0. The van der Waals surface area contributed by atoms with Crippen LogP contribution in [0.15, 0.2) is 12.2 Å². The number of hydrogen-bond acceptors (Lipinski definition) is 2. The number of carbonyl (C=O) groups is 1. The maximum atomic E-state index is 10.6. The number of amides is 1. The molecule has 1 amide bonds. The lowest BCUT2D eigenvalue weighted by Crippen LogP contribution is -2.26. The van der Waals surface area contributed by atoms with Crippen LogP contribution < -0.4 is 11.1 Å². The molecule has 0 aromatic rings. The highest BCUT2D eigenvalue weighted by atomic mass is 16.1. The van der Waals surface area contributed by atoms with Crippen molar-refractivity contribution in [3.8, 4) is 0 Å². The molecule has 0 spiro atoms. The maximum absolute atomic E-state index is 10.6. The van der Waals surface area contributed by atoms with Crippen LogP contribution in [0.2, 0.25) is 0 Å². The van der Waals surface area contributed by atoms with E-state index in [-0.39, 0.29) is 5.91 Å². The van der Waals surface area contributed by atoms with Gasteiger partial charge in [-0.05, 0) is 5.57 Å². The van der Waals surface area contributed by atoms with Crippen LogP contribution in [0.25, 0.3) is 0 Å². The zero-order valence-electron chi connectivity index (χ0n) is 6.31. The van der Waals surface area contributed by atoms with Gasteiger partial charge in [-0.15, -0.1) is 0 Å². The molecule has 3 heteroatoms. The first-order valence-corrected chi connectivity index (χ1v) is 3.34. The van der Waals surface area contributed by atoms with Gasteiger partial charge in [0.1, 0.15) is 0 Å². The Morgan fingerprint density at radius 1 is 1.70 bits per heavy atom. The molecule has 3 N–H and O–H groups in total. The summed E-state index contributed by atoms with van der Waals surface area (Å²) in [6.07, 6.45) is 0.512. The number of rotatable bonds is 4. The van der Waals surface area contributed by atoms with E-state index in [1.165, 1.54) is 0 Å². The van der Waals surface area contributed by atoms with Crippen LogP contribution in [-0.4, -0.2) is 19.0 Å². The Morgan fingerprint density at radius 3 is 2.70 bits per heavy atom. The van der Waals surface area contributed by atoms with Crippen molar-refractivity contribution in [2.75, 3.05) is 13.1 Å². The summed E-state index contributed by atoms with van der Waals surface area (Å²) in [5.74, 6) is 0.0367. The van der Waals surface area contributed by atoms with Gasteiger partial charge in [0.15, 0.2) is 0 Å². The van der Waals surface area contributed by atoms with Crippen molar-refractivity contribution in [2.45, 2.75) is 13.3 Å². The number of hydrogen-bond donors (Lipinski definition) is 2. The van der Waals surface area contributed by atoms with Crippen molar-refractivity contribution >= 4 is 5.91 Å². The Hall–Kier alpha value is -0.830. The standard InChI is InChI=1S/C7H14N2O/c1-3-7(10)9-5-6(2)4-8/h2-5,8H2,1H3,(H,9,10). The summed E-state index contributed by atoms with van der Waals surface area (Å²) in [6.45, 7) is 6.38. The van der Waals surface area contributed by atoms with Gasteiger partial charge in [0.2, 0.25) is 5.91 Å². The number of carbonyl (C=O) groups excluding carboxylic acids is 1. The summed E-state index contributed by atoms with van der Waals surface area (Å²) in [6, 6.07) is 0. The average Bonchev–Trinajstić information content (AvgIpc) is 1.99. The molecule has 0 aliphatic carbocycles. The third-order valence-corrected chi connectivity index (χ3v) is 1.15. The summed E-state index contributed by atoms with van der Waals surface area (Å²) >= 11 is 0. The average molecular weight is 142 g/mol. The molecule has 0 aromatic heterocycles. The van der Waals surface area contributed by atoms with Gasteiger partial charge in [0, 0.05) is 19.5 Å². The molecule has 3 nitrogen and oxygen atoms in total. The van der Waals surface area contributed by atoms with E-state index in [4.69, 9.17) is 5.73 Å². The van der Waals surface area contributed by atoms with Gasteiger partial charge in [-0.25, -0.2) is 0 Å². The highest BCUT2D eigenvalue weighted by Crippen LogP contribution is 1.82. The van der Waals surface area contributed by atoms with E-state index >= 15 is 0 Å². The molecule has 0 rings (SSSR count). The molecule has 0 fully saturated rings. The van der Waals surface area contributed by atoms with Crippen molar-refractivity contribution in [3.63, 3.8) is 0 Å². The molecule has 0 atom stereocenters. The second-order valence-corrected chi connectivity index (χ2v) is 2.08. The summed E-state index contributed by atoms with van der Waals surface area (Å²) in [5, 5.41) is 2.66. The smallest absolute Gasteiger partial charge is 0.219 e. The zero-order valence-corrected chi connectivity index (χ0v) is 6.31. The van der Waals surface area contributed by atoms with E-state index in [9.17, 15) is 4.79 Å². The van der Waals surface area contributed by atoms with Crippen LogP contribution in [0.1, 0.15) is 13.3 Å². The van der Waals surface area contributed by atoms with Crippen molar-refractivity contribution in [1.82, 2.24) is 5.32 Å². The quantitative estimate of drug-likeness (QED) is 0.544. The highest BCUT2D eigenvalue weighted by molar-refractivity contribution is 5.75. The van der Waals surface area contributed by atoms with Crippen LogP contribution in [0.4, 0.5) is 0 Å². The molecule has 0 saturated heterocycles. The van der Waals surface area contributed by atoms with Crippen LogP contribution in [0.3, 0.4) is 0 Å². The molecule has 0 aliphatic heterocycles. The van der Waals surface area contributed by atoms with E-state index in [1.54, 1.807) is 6.92 Å². The van der Waals surface area contributed by atoms with Gasteiger partial charge in [0.25, 0.3) is 0 Å². The Balaban J connectivity index is 3.35. The van der Waals surface area contributed by atoms with Gasteiger partial charge < -0.3 is 11.1 Å². The molecule has 0 aliphatic rings. The topological polar surface area (TPSA) is 55.1 Å². The molecule has 0 radical (unpaired) electrons. The van der Waals surface area contributed by atoms with E-state index in [0.29, 0.717) is 19.5 Å². The van der Waals surface area contributed by atoms with Crippen molar-refractivity contribution in [2.24, 2.45) is 5.73 Å². The van der Waals surface area contributed by atoms with Gasteiger partial charge in [0.05, 0.1) is 0 Å². The third-order valence-electron chi connectivity index (χ3n) is 1.15. The Bertz CT molecular complexity index is 116. The monoisotopic (exact) mass is 142 g/mol. The Morgan fingerprint density at radius 2 is 2.30 bits per heavy atom. The highest BCUT2D eigenvalue weighted by Gasteiger charge is 1.95. The predicted molar refractivity (Wildman–Crippen MR) is 41.5 cm³/mol. The predicted octanol–water partition coefficient (Wildman–Crippen LogP) is 0.0275. The Labute approximate surface area is 61.3 Å². The summed E-state index contributed by atoms with van der Waals surface area (Å²) in [7, 11) is 0. The molecular weight excluding hydrogens is 128 g/mol. The third kappa shape index (κ3) is 4.09. The fraction of sp³-hybridized carbons (Fsp3) is 0.571. The summed E-state index contributed by atoms with van der Waals surface area (Å²) in [5.41, 5.74) is 6.10. The van der Waals surface area contributed by atoms with Gasteiger partial charge in [-0.1, -0.05) is 13.5 Å². The minimum absolute atomic E-state index is 0.0367. The molecule has 0 aromatic carbocycles. The van der Waals surface area contributed by atoms with Gasteiger partial charge in [-0.2, -0.15) is 0 Å². The van der Waals surface area contributed by atoms with Crippen molar-refractivity contribution < 1.29 is 4.79 Å². The zero-order chi connectivity index (χ0) is 7.98. The largest absolute Gasteiger partial charge is 0.352 e. The molecule has 0 heterocycles. The van der Waals surface area contributed by atoms with E-state index in [1.807, 2.05) is 0 Å². The molecule has 10 heavy (non-hydrogen) atoms. The first-order chi connectivity index (χ1) is 4.70. The number of nitrogens with one attached hydrogen (secondary N) is 1. The molecule has 0 saturated carbocycles. The lowest BCUT2D eigenvalue weighted by Gasteiger charge is -2.02. The fourth-order valence-corrected chi connectivity index (χ4v) is 0.421. The SMILES string of the molecule is C=C(CN)CNC(=O)CC. The van der Waals surface area contributed by atoms with Crippen LogP contribution in [-0.2, 0) is 4.79 Å². The molecule has 0 bridgehead atoms. The minimum atomic E-state index is 0.0367. The lowest BCUT2D eigenvalue weighted by molar-refractivity contribution is -0.120. The lowest BCUT2D eigenvalue weighted by atomic mass is 10.3. The van der Waals surface area contributed by atoms with Crippen molar-refractivity contribution in [3.05, 3.63) is 12.2 Å². The van der Waals surface area contributed by atoms with E-state index in [2.05, 4.69) is 11.9 Å². The van der Waals surface area contributed by atoms with Gasteiger partial charge in [-0.3, -0.25) is 4.79 Å². The first kappa shape index (κ1) is 9.17. The second-order valence-electron chi connectivity index (χ2n) is 2.08. The second kappa shape index (κ2) is 4.99. The fourth-order valence-electron chi connectivity index (χ4n) is 0.421. The Kier molecular flexibility index (Phi) is 4.58. The molecular formula is C7H14N2O.